The predicted octanol–water partition coefficient (Wildman–Crippen LogP) is 3.99. The lowest BCUT2D eigenvalue weighted by molar-refractivity contribution is -0.169. The average Bonchev–Trinajstić information content (AvgIpc) is 2.92. The van der Waals surface area contributed by atoms with Crippen molar-refractivity contribution in [1.82, 2.24) is 0 Å². The highest BCUT2D eigenvalue weighted by Crippen LogP contribution is 2.68. The minimum absolute atomic E-state index is 0.0780. The van der Waals surface area contributed by atoms with E-state index in [1.807, 2.05) is 12.9 Å². The molecule has 3 saturated carbocycles. The molecule has 0 bridgehead atoms. The van der Waals surface area contributed by atoms with Crippen molar-refractivity contribution in [2.24, 2.45) is 28.6 Å². The fraction of sp³-hybridized carbons (Fsp3) is 0.818. The minimum Gasteiger partial charge on any atom is -0.404 e. The molecule has 4 aliphatic carbocycles. The lowest BCUT2D eigenvalue weighted by Crippen LogP contribution is -2.63. The van der Waals surface area contributed by atoms with Crippen molar-refractivity contribution >= 4 is 18.7 Å². The molecule has 0 amide bonds. The van der Waals surface area contributed by atoms with Crippen molar-refractivity contribution in [2.45, 2.75) is 77.6 Å². The van der Waals surface area contributed by atoms with Crippen LogP contribution in [0.5, 0.6) is 0 Å². The van der Waals surface area contributed by atoms with Crippen LogP contribution in [0.3, 0.4) is 0 Å². The Morgan fingerprint density at radius 2 is 1.81 bits per heavy atom. The summed E-state index contributed by atoms with van der Waals surface area (Å²) in [5.41, 5.74) is 0.871. The molecule has 6 atom stereocenters. The monoisotopic (exact) mass is 370 g/mol. The van der Waals surface area contributed by atoms with Gasteiger partial charge in [0.25, 0.3) is 0 Å². The van der Waals surface area contributed by atoms with Crippen LogP contribution in [0.2, 0.25) is 6.82 Å². The molecule has 5 rings (SSSR count). The standard InChI is InChI=1S/C22H31BO4/c1-20-9-6-15(24)12-14(20)4-5-16-17(20)7-10-21(2)18(16)8-11-22(21)19(25)13-26-23(3)27-22/h12,16-18H,4-11,13H2,1-3H3/t16?,17?,18?,20-,21-,22-/m0/s1. The van der Waals surface area contributed by atoms with Gasteiger partial charge in [-0.25, -0.2) is 0 Å². The Balaban J connectivity index is 1.50. The quantitative estimate of drug-likeness (QED) is 0.605. The summed E-state index contributed by atoms with van der Waals surface area (Å²) in [5.74, 6) is 2.31. The van der Waals surface area contributed by atoms with E-state index in [4.69, 9.17) is 9.31 Å². The molecule has 5 heteroatoms. The van der Waals surface area contributed by atoms with E-state index in [1.54, 1.807) is 0 Å². The number of Topliss-reactive ketones (excluding diaryl/α,β-unsaturated/α-hetero) is 1. The molecular formula is C22H31BO4. The third-order valence-corrected chi connectivity index (χ3v) is 9.35. The van der Waals surface area contributed by atoms with E-state index in [9.17, 15) is 9.59 Å². The largest absolute Gasteiger partial charge is 0.454 e. The highest BCUT2D eigenvalue weighted by molar-refractivity contribution is 6.44. The van der Waals surface area contributed by atoms with E-state index in [0.717, 1.165) is 44.9 Å². The number of carbonyl (C=O) groups is 2. The molecule has 0 radical (unpaired) electrons. The summed E-state index contributed by atoms with van der Waals surface area (Å²) in [4.78, 5) is 25.0. The second kappa shape index (κ2) is 5.79. The number of hydrogen-bond acceptors (Lipinski definition) is 4. The molecule has 4 fully saturated rings. The Morgan fingerprint density at radius 3 is 2.63 bits per heavy atom. The summed E-state index contributed by atoms with van der Waals surface area (Å²) in [6, 6.07) is 0. The van der Waals surface area contributed by atoms with Gasteiger partial charge in [0.15, 0.2) is 11.6 Å². The highest BCUT2D eigenvalue weighted by Gasteiger charge is 2.68. The summed E-state index contributed by atoms with van der Waals surface area (Å²) >= 11 is 0. The Bertz CT molecular complexity index is 732. The van der Waals surface area contributed by atoms with Gasteiger partial charge in [0, 0.05) is 11.8 Å². The minimum atomic E-state index is -0.639. The number of rotatable bonds is 0. The maximum atomic E-state index is 13.0. The average molecular weight is 370 g/mol. The van der Waals surface area contributed by atoms with Crippen molar-refractivity contribution in [3.63, 3.8) is 0 Å². The van der Waals surface area contributed by atoms with Crippen molar-refractivity contribution in [3.05, 3.63) is 11.6 Å². The predicted molar refractivity (Wildman–Crippen MR) is 103 cm³/mol. The van der Waals surface area contributed by atoms with Crippen LogP contribution in [0.25, 0.3) is 0 Å². The topological polar surface area (TPSA) is 52.6 Å². The Kier molecular flexibility index (Phi) is 3.89. The Hall–Kier alpha value is -0.935. The SMILES string of the molecule is CB1OCC(=O)[C@]2(CCC3C4CCC5=CC(=O)CC[C@]5(C)C4CC[C@@]32C)O1. The highest BCUT2D eigenvalue weighted by atomic mass is 16.6. The van der Waals surface area contributed by atoms with Gasteiger partial charge in [0.1, 0.15) is 5.60 Å². The maximum Gasteiger partial charge on any atom is 0.454 e. The van der Waals surface area contributed by atoms with Gasteiger partial charge >= 0.3 is 7.12 Å². The molecule has 1 spiro atoms. The smallest absolute Gasteiger partial charge is 0.404 e. The zero-order valence-corrected chi connectivity index (χ0v) is 16.9. The third-order valence-electron chi connectivity index (χ3n) is 9.35. The second-order valence-corrected chi connectivity index (χ2v) is 10.2. The molecule has 5 aliphatic rings. The van der Waals surface area contributed by atoms with Crippen LogP contribution in [0.1, 0.15) is 65.2 Å². The van der Waals surface area contributed by atoms with Crippen molar-refractivity contribution in [1.29, 1.82) is 0 Å². The first-order valence-electron chi connectivity index (χ1n) is 10.9. The number of hydrogen-bond donors (Lipinski definition) is 0. The van der Waals surface area contributed by atoms with Crippen LogP contribution in [-0.2, 0) is 18.9 Å². The molecule has 0 aromatic rings. The van der Waals surface area contributed by atoms with E-state index < -0.39 is 5.60 Å². The molecule has 0 aromatic heterocycles. The lowest BCUT2D eigenvalue weighted by atomic mass is 9.46. The molecular weight excluding hydrogens is 339 g/mol. The first-order valence-corrected chi connectivity index (χ1v) is 10.9. The van der Waals surface area contributed by atoms with Crippen LogP contribution in [0.15, 0.2) is 11.6 Å². The molecule has 0 N–H and O–H groups in total. The van der Waals surface area contributed by atoms with Gasteiger partial charge in [-0.2, -0.15) is 0 Å². The third kappa shape index (κ3) is 2.25. The molecule has 3 unspecified atom stereocenters. The summed E-state index contributed by atoms with van der Waals surface area (Å²) in [7, 11) is -0.293. The fourth-order valence-corrected chi connectivity index (χ4v) is 7.90. The fourth-order valence-electron chi connectivity index (χ4n) is 7.90. The molecule has 1 aliphatic heterocycles. The van der Waals surface area contributed by atoms with Crippen LogP contribution in [0, 0.1) is 28.6 Å². The van der Waals surface area contributed by atoms with Crippen molar-refractivity contribution < 1.29 is 18.9 Å². The summed E-state index contributed by atoms with van der Waals surface area (Å²) < 4.78 is 11.8. The molecule has 1 heterocycles. The number of ketones is 2. The number of fused-ring (bicyclic) bond motifs is 6. The normalized spacial score (nSPS) is 49.5. The first-order chi connectivity index (χ1) is 12.8. The Labute approximate surface area is 162 Å². The summed E-state index contributed by atoms with van der Waals surface area (Å²) in [5, 5.41) is 0. The van der Waals surface area contributed by atoms with Crippen LogP contribution in [-0.4, -0.2) is 30.9 Å². The number of carbonyl (C=O) groups excluding carboxylic acids is 2. The van der Waals surface area contributed by atoms with Gasteiger partial charge in [0.2, 0.25) is 0 Å². The van der Waals surface area contributed by atoms with E-state index in [1.165, 1.54) is 5.57 Å². The van der Waals surface area contributed by atoms with E-state index in [-0.39, 0.29) is 30.3 Å². The van der Waals surface area contributed by atoms with Gasteiger partial charge in [0.05, 0.1) is 6.61 Å². The Morgan fingerprint density at radius 1 is 1.04 bits per heavy atom. The summed E-state index contributed by atoms with van der Waals surface area (Å²) in [6.07, 6.45) is 10.0. The molecule has 4 nitrogen and oxygen atoms in total. The van der Waals surface area contributed by atoms with E-state index >= 15 is 0 Å². The number of allylic oxidation sites excluding steroid dienone is 1. The first kappa shape index (κ1) is 18.1. The van der Waals surface area contributed by atoms with Crippen molar-refractivity contribution in [2.75, 3.05) is 6.61 Å². The van der Waals surface area contributed by atoms with Gasteiger partial charge in [-0.15, -0.1) is 0 Å². The molecule has 27 heavy (non-hydrogen) atoms. The van der Waals surface area contributed by atoms with E-state index in [2.05, 4.69) is 13.8 Å². The van der Waals surface area contributed by atoms with Gasteiger partial charge in [-0.05, 0) is 81.0 Å². The second-order valence-electron chi connectivity index (χ2n) is 10.2. The van der Waals surface area contributed by atoms with Gasteiger partial charge in [-0.3, -0.25) is 9.59 Å². The molecule has 0 aromatic carbocycles. The van der Waals surface area contributed by atoms with Crippen molar-refractivity contribution in [3.8, 4) is 0 Å². The van der Waals surface area contributed by atoms with Crippen LogP contribution < -0.4 is 0 Å². The summed E-state index contributed by atoms with van der Waals surface area (Å²) in [6.45, 7) is 6.86. The van der Waals surface area contributed by atoms with E-state index in [0.29, 0.717) is 30.0 Å². The van der Waals surface area contributed by atoms with Gasteiger partial charge < -0.3 is 9.31 Å². The van der Waals surface area contributed by atoms with Crippen LogP contribution >= 0.6 is 0 Å². The maximum absolute atomic E-state index is 13.0. The van der Waals surface area contributed by atoms with Crippen LogP contribution in [0.4, 0.5) is 0 Å². The zero-order valence-electron chi connectivity index (χ0n) is 16.9. The van der Waals surface area contributed by atoms with Gasteiger partial charge in [-0.1, -0.05) is 19.4 Å². The molecule has 1 saturated heterocycles. The molecule has 146 valence electrons. The zero-order chi connectivity index (χ0) is 19.0. The lowest BCUT2D eigenvalue weighted by Gasteiger charge is -2.60.